The Kier molecular flexibility index (Phi) is 10.4. The second-order valence-electron chi connectivity index (χ2n) is 7.24. The lowest BCUT2D eigenvalue weighted by Gasteiger charge is -2.20. The van der Waals surface area contributed by atoms with Gasteiger partial charge in [0.1, 0.15) is 0 Å². The number of ether oxygens (including phenoxy) is 2. The highest BCUT2D eigenvalue weighted by molar-refractivity contribution is 5.92. The van der Waals surface area contributed by atoms with E-state index in [2.05, 4.69) is 27.9 Å². The summed E-state index contributed by atoms with van der Waals surface area (Å²) in [6, 6.07) is 7.76. The molecule has 0 saturated heterocycles. The summed E-state index contributed by atoms with van der Waals surface area (Å²) in [5, 5.41) is 9.55. The maximum atomic E-state index is 12.1. The molecular formula is C24H36N4O4. The molecule has 0 spiro atoms. The molecular weight excluding hydrogens is 408 g/mol. The molecule has 32 heavy (non-hydrogen) atoms. The number of carbonyl (C=O) groups excluding carboxylic acids is 1. The first-order valence-electron chi connectivity index (χ1n) is 11.3. The van der Waals surface area contributed by atoms with Crippen molar-refractivity contribution >= 4 is 11.9 Å². The van der Waals surface area contributed by atoms with Crippen LogP contribution in [0.25, 0.3) is 0 Å². The van der Waals surface area contributed by atoms with Gasteiger partial charge in [0.2, 0.25) is 0 Å². The van der Waals surface area contributed by atoms with Gasteiger partial charge in [-0.1, -0.05) is 6.07 Å². The molecule has 1 heterocycles. The molecule has 2 rings (SSSR count). The van der Waals surface area contributed by atoms with Crippen LogP contribution in [-0.2, 0) is 0 Å². The lowest BCUT2D eigenvalue weighted by molar-refractivity contribution is 0.0925. The van der Waals surface area contributed by atoms with Crippen LogP contribution in [0.5, 0.6) is 11.5 Å². The number of nitrogens with one attached hydrogen (secondary N) is 3. The van der Waals surface area contributed by atoms with Gasteiger partial charge in [-0.3, -0.25) is 9.79 Å². The third-order valence-corrected chi connectivity index (χ3v) is 4.72. The van der Waals surface area contributed by atoms with Crippen LogP contribution < -0.4 is 25.4 Å². The van der Waals surface area contributed by atoms with Gasteiger partial charge in [0.05, 0.1) is 25.5 Å². The molecule has 3 N–H and O–H groups in total. The van der Waals surface area contributed by atoms with Crippen LogP contribution in [0.4, 0.5) is 0 Å². The second kappa shape index (κ2) is 13.3. The molecule has 0 saturated carbocycles. The van der Waals surface area contributed by atoms with Crippen LogP contribution >= 0.6 is 0 Å². The maximum Gasteiger partial charge on any atom is 0.287 e. The van der Waals surface area contributed by atoms with Gasteiger partial charge in [0.15, 0.2) is 23.2 Å². The summed E-state index contributed by atoms with van der Waals surface area (Å²) >= 11 is 0. The number of hydrogen-bond donors (Lipinski definition) is 3. The summed E-state index contributed by atoms with van der Waals surface area (Å²) < 4.78 is 16.6. The predicted octanol–water partition coefficient (Wildman–Crippen LogP) is 3.82. The first-order valence-corrected chi connectivity index (χ1v) is 11.3. The van der Waals surface area contributed by atoms with Crippen LogP contribution in [0.2, 0.25) is 0 Å². The molecule has 0 aliphatic rings. The van der Waals surface area contributed by atoms with Crippen molar-refractivity contribution in [1.82, 2.24) is 16.0 Å². The Morgan fingerprint density at radius 3 is 2.50 bits per heavy atom. The van der Waals surface area contributed by atoms with E-state index in [1.54, 1.807) is 6.07 Å². The average Bonchev–Trinajstić information content (AvgIpc) is 3.21. The topological polar surface area (TPSA) is 97.1 Å². The highest BCUT2D eigenvalue weighted by Crippen LogP contribution is 2.30. The molecule has 0 bridgehead atoms. The number of furan rings is 1. The fraction of sp³-hybridized carbons (Fsp3) is 0.500. The molecule has 8 nitrogen and oxygen atoms in total. The summed E-state index contributed by atoms with van der Waals surface area (Å²) in [4.78, 5) is 16.7. The maximum absolute atomic E-state index is 12.1. The minimum absolute atomic E-state index is 0.0179. The van der Waals surface area contributed by atoms with Crippen molar-refractivity contribution in [2.45, 2.75) is 47.1 Å². The van der Waals surface area contributed by atoms with Gasteiger partial charge in [-0.05, 0) is 64.8 Å². The SMILES string of the molecule is CCNC(=NCCCNC(=O)c1occc1C)NC(C)c1ccc(OCC)c(OCC)c1. The van der Waals surface area contributed by atoms with E-state index in [9.17, 15) is 4.79 Å². The molecule has 1 atom stereocenters. The minimum Gasteiger partial charge on any atom is -0.490 e. The Bertz CT molecular complexity index is 879. The van der Waals surface area contributed by atoms with Crippen LogP contribution in [0.3, 0.4) is 0 Å². The molecule has 1 amide bonds. The van der Waals surface area contributed by atoms with E-state index in [1.807, 2.05) is 45.9 Å². The summed E-state index contributed by atoms with van der Waals surface area (Å²) in [6.07, 6.45) is 2.24. The summed E-state index contributed by atoms with van der Waals surface area (Å²) in [5.41, 5.74) is 1.90. The lowest BCUT2D eigenvalue weighted by atomic mass is 10.1. The Morgan fingerprint density at radius 1 is 1.09 bits per heavy atom. The van der Waals surface area contributed by atoms with Crippen LogP contribution in [0.15, 0.2) is 39.9 Å². The predicted molar refractivity (Wildman–Crippen MR) is 127 cm³/mol. The molecule has 1 aromatic heterocycles. The molecule has 0 radical (unpaired) electrons. The smallest absolute Gasteiger partial charge is 0.287 e. The number of amides is 1. The van der Waals surface area contributed by atoms with Crippen molar-refractivity contribution in [1.29, 1.82) is 0 Å². The van der Waals surface area contributed by atoms with Crippen molar-refractivity contribution in [3.63, 3.8) is 0 Å². The van der Waals surface area contributed by atoms with E-state index in [0.717, 1.165) is 35.1 Å². The number of hydrogen-bond acceptors (Lipinski definition) is 5. The number of guanidine groups is 1. The first kappa shape index (κ1) is 25.1. The lowest BCUT2D eigenvalue weighted by Crippen LogP contribution is -2.39. The van der Waals surface area contributed by atoms with Gasteiger partial charge in [0.25, 0.3) is 5.91 Å². The third-order valence-electron chi connectivity index (χ3n) is 4.72. The van der Waals surface area contributed by atoms with Gasteiger partial charge in [-0.2, -0.15) is 0 Å². The van der Waals surface area contributed by atoms with Crippen molar-refractivity contribution in [2.24, 2.45) is 4.99 Å². The highest BCUT2D eigenvalue weighted by atomic mass is 16.5. The molecule has 0 fully saturated rings. The summed E-state index contributed by atoms with van der Waals surface area (Å²) in [5.74, 6) is 2.37. The molecule has 1 aromatic carbocycles. The number of rotatable bonds is 12. The van der Waals surface area contributed by atoms with Gasteiger partial charge < -0.3 is 29.8 Å². The zero-order chi connectivity index (χ0) is 23.3. The van der Waals surface area contributed by atoms with E-state index in [4.69, 9.17) is 13.9 Å². The van der Waals surface area contributed by atoms with Gasteiger partial charge >= 0.3 is 0 Å². The number of benzene rings is 1. The summed E-state index contributed by atoms with van der Waals surface area (Å²) in [7, 11) is 0. The Morgan fingerprint density at radius 2 is 1.84 bits per heavy atom. The Labute approximate surface area is 190 Å². The number of aliphatic imine (C=N–C) groups is 1. The van der Waals surface area contributed by atoms with E-state index in [1.165, 1.54) is 6.26 Å². The monoisotopic (exact) mass is 444 g/mol. The van der Waals surface area contributed by atoms with E-state index in [-0.39, 0.29) is 11.9 Å². The quantitative estimate of drug-likeness (QED) is 0.262. The molecule has 176 valence electrons. The molecule has 0 aliphatic carbocycles. The van der Waals surface area contributed by atoms with Crippen molar-refractivity contribution in [2.75, 3.05) is 32.8 Å². The van der Waals surface area contributed by atoms with E-state index < -0.39 is 0 Å². The number of aryl methyl sites for hydroxylation is 1. The van der Waals surface area contributed by atoms with Gasteiger partial charge in [-0.15, -0.1) is 0 Å². The molecule has 1 unspecified atom stereocenters. The molecule has 8 heteroatoms. The minimum atomic E-state index is -0.198. The van der Waals surface area contributed by atoms with E-state index >= 15 is 0 Å². The zero-order valence-electron chi connectivity index (χ0n) is 19.8. The van der Waals surface area contributed by atoms with E-state index in [0.29, 0.717) is 38.5 Å². The van der Waals surface area contributed by atoms with Crippen molar-refractivity contribution < 1.29 is 18.7 Å². The van der Waals surface area contributed by atoms with Crippen LogP contribution in [-0.4, -0.2) is 44.7 Å². The van der Waals surface area contributed by atoms with Crippen LogP contribution in [0, 0.1) is 6.92 Å². The van der Waals surface area contributed by atoms with Crippen LogP contribution in [0.1, 0.15) is 61.8 Å². The normalized spacial score (nSPS) is 12.2. The Hall–Kier alpha value is -3.16. The first-order chi connectivity index (χ1) is 15.5. The fourth-order valence-corrected chi connectivity index (χ4v) is 3.10. The second-order valence-corrected chi connectivity index (χ2v) is 7.24. The fourth-order valence-electron chi connectivity index (χ4n) is 3.10. The van der Waals surface area contributed by atoms with Crippen molar-refractivity contribution in [3.8, 4) is 11.5 Å². The summed E-state index contributed by atoms with van der Waals surface area (Å²) in [6.45, 7) is 12.9. The third kappa shape index (κ3) is 7.51. The average molecular weight is 445 g/mol. The number of nitrogens with zero attached hydrogens (tertiary/aromatic N) is 1. The number of carbonyl (C=O) groups is 1. The zero-order valence-corrected chi connectivity index (χ0v) is 19.8. The highest BCUT2D eigenvalue weighted by Gasteiger charge is 2.13. The molecule has 0 aliphatic heterocycles. The largest absolute Gasteiger partial charge is 0.490 e. The standard InChI is InChI=1S/C24H36N4O4/c1-6-25-24(27-14-9-13-26-23(29)22-17(4)12-15-32-22)28-18(5)19-10-11-20(30-7-2)21(16-19)31-8-3/h10-12,15-16,18H,6-9,13-14H2,1-5H3,(H,26,29)(H2,25,27,28). The Balaban J connectivity index is 1.91. The van der Waals surface area contributed by atoms with Gasteiger partial charge in [0, 0.05) is 25.2 Å². The van der Waals surface area contributed by atoms with Crippen molar-refractivity contribution in [3.05, 3.63) is 47.4 Å². The molecule has 2 aromatic rings. The van der Waals surface area contributed by atoms with Gasteiger partial charge in [-0.25, -0.2) is 0 Å².